The molecule has 2 atom stereocenters. The predicted molar refractivity (Wildman–Crippen MR) is 85.3 cm³/mol. The Kier molecular flexibility index (Phi) is 7.05. The molecule has 3 N–H and O–H groups in total. The predicted octanol–water partition coefficient (Wildman–Crippen LogP) is 2.05. The van der Waals surface area contributed by atoms with Gasteiger partial charge < -0.3 is 10.5 Å². The minimum atomic E-state index is -3.70. The van der Waals surface area contributed by atoms with Crippen molar-refractivity contribution in [2.45, 2.75) is 36.6 Å². The normalized spacial score (nSPS) is 22.0. The van der Waals surface area contributed by atoms with E-state index in [0.29, 0.717) is 6.54 Å². The molecule has 0 aliphatic heterocycles. The Morgan fingerprint density at radius 2 is 2.05 bits per heavy atom. The van der Waals surface area contributed by atoms with Gasteiger partial charge in [-0.2, -0.15) is 0 Å². The quantitative estimate of drug-likeness (QED) is 0.849. The smallest absolute Gasteiger partial charge is 0.240 e. The zero-order valence-corrected chi connectivity index (χ0v) is 14.1. The average molecular weight is 353 g/mol. The van der Waals surface area contributed by atoms with Gasteiger partial charge in [0.2, 0.25) is 10.0 Å². The molecule has 0 radical (unpaired) electrons. The summed E-state index contributed by atoms with van der Waals surface area (Å²) >= 11 is 0. The van der Waals surface area contributed by atoms with Crippen molar-refractivity contribution in [3.05, 3.63) is 24.0 Å². The van der Waals surface area contributed by atoms with Crippen LogP contribution < -0.4 is 15.2 Å². The van der Waals surface area contributed by atoms with Crippen molar-refractivity contribution in [2.24, 2.45) is 11.7 Å². The van der Waals surface area contributed by atoms with Gasteiger partial charge in [-0.05, 0) is 37.4 Å². The lowest BCUT2D eigenvalue weighted by Gasteiger charge is -2.31. The zero-order valence-electron chi connectivity index (χ0n) is 12.4. The van der Waals surface area contributed by atoms with Gasteiger partial charge >= 0.3 is 0 Å². The van der Waals surface area contributed by atoms with E-state index in [9.17, 15) is 12.8 Å². The van der Waals surface area contributed by atoms with Crippen molar-refractivity contribution < 1.29 is 17.5 Å². The second kappa shape index (κ2) is 8.10. The van der Waals surface area contributed by atoms with E-state index in [-0.39, 0.29) is 35.0 Å². The first-order valence-corrected chi connectivity index (χ1v) is 8.52. The van der Waals surface area contributed by atoms with Gasteiger partial charge in [0.25, 0.3) is 0 Å². The number of benzene rings is 1. The molecule has 8 heteroatoms. The summed E-state index contributed by atoms with van der Waals surface area (Å²) in [7, 11) is -2.41. The van der Waals surface area contributed by atoms with E-state index in [1.807, 2.05) is 0 Å². The number of sulfonamides is 1. The van der Waals surface area contributed by atoms with Gasteiger partial charge in [0.05, 0.1) is 12.0 Å². The van der Waals surface area contributed by atoms with Crippen LogP contribution in [-0.4, -0.2) is 28.1 Å². The SMILES string of the molecule is COc1cc(S(=O)(=O)NC2CCCCC2CN)ccc1F.Cl. The van der Waals surface area contributed by atoms with E-state index in [2.05, 4.69) is 4.72 Å². The number of rotatable bonds is 5. The van der Waals surface area contributed by atoms with Crippen LogP contribution in [0.5, 0.6) is 5.75 Å². The highest BCUT2D eigenvalue weighted by Crippen LogP contribution is 2.26. The lowest BCUT2D eigenvalue weighted by atomic mass is 9.85. The first kappa shape index (κ1) is 19.2. The van der Waals surface area contributed by atoms with Crippen LogP contribution in [0.15, 0.2) is 23.1 Å². The molecule has 22 heavy (non-hydrogen) atoms. The van der Waals surface area contributed by atoms with Crippen LogP contribution in [0.2, 0.25) is 0 Å². The van der Waals surface area contributed by atoms with Crippen molar-refractivity contribution in [1.29, 1.82) is 0 Å². The van der Waals surface area contributed by atoms with E-state index >= 15 is 0 Å². The number of hydrogen-bond acceptors (Lipinski definition) is 4. The highest BCUT2D eigenvalue weighted by molar-refractivity contribution is 7.89. The minimum Gasteiger partial charge on any atom is -0.494 e. The summed E-state index contributed by atoms with van der Waals surface area (Å²) in [6, 6.07) is 3.36. The van der Waals surface area contributed by atoms with Crippen molar-refractivity contribution in [3.63, 3.8) is 0 Å². The Balaban J connectivity index is 0.00000242. The first-order valence-electron chi connectivity index (χ1n) is 7.04. The van der Waals surface area contributed by atoms with Crippen LogP contribution in [-0.2, 0) is 10.0 Å². The summed E-state index contributed by atoms with van der Waals surface area (Å²) in [5, 5.41) is 0. The third-order valence-electron chi connectivity index (χ3n) is 3.95. The molecule has 126 valence electrons. The zero-order chi connectivity index (χ0) is 15.5. The second-order valence-electron chi connectivity index (χ2n) is 5.30. The van der Waals surface area contributed by atoms with Crippen LogP contribution >= 0.6 is 12.4 Å². The number of ether oxygens (including phenoxy) is 1. The first-order chi connectivity index (χ1) is 9.97. The van der Waals surface area contributed by atoms with Crippen molar-refractivity contribution in [3.8, 4) is 5.75 Å². The molecule has 0 heterocycles. The van der Waals surface area contributed by atoms with E-state index in [1.54, 1.807) is 0 Å². The van der Waals surface area contributed by atoms with Crippen molar-refractivity contribution in [1.82, 2.24) is 4.72 Å². The second-order valence-corrected chi connectivity index (χ2v) is 7.02. The summed E-state index contributed by atoms with van der Waals surface area (Å²) in [5.74, 6) is -0.526. The molecule has 0 aromatic heterocycles. The lowest BCUT2D eigenvalue weighted by molar-refractivity contribution is 0.296. The average Bonchev–Trinajstić information content (AvgIpc) is 2.47. The number of nitrogens with one attached hydrogen (secondary N) is 1. The Bertz CT molecular complexity index is 598. The molecule has 2 unspecified atom stereocenters. The minimum absolute atomic E-state index is 0. The van der Waals surface area contributed by atoms with E-state index in [4.69, 9.17) is 10.5 Å². The summed E-state index contributed by atoms with van der Waals surface area (Å²) in [5.41, 5.74) is 5.71. The highest BCUT2D eigenvalue weighted by Gasteiger charge is 2.29. The van der Waals surface area contributed by atoms with Gasteiger partial charge in [0.1, 0.15) is 0 Å². The van der Waals surface area contributed by atoms with Gasteiger partial charge in [-0.15, -0.1) is 12.4 Å². The number of halogens is 2. The van der Waals surface area contributed by atoms with Gasteiger partial charge in [-0.3, -0.25) is 0 Å². The van der Waals surface area contributed by atoms with Gasteiger partial charge in [0.15, 0.2) is 11.6 Å². The monoisotopic (exact) mass is 352 g/mol. The van der Waals surface area contributed by atoms with Crippen LogP contribution in [0.1, 0.15) is 25.7 Å². The fourth-order valence-corrected chi connectivity index (χ4v) is 4.07. The highest BCUT2D eigenvalue weighted by atomic mass is 35.5. The summed E-state index contributed by atoms with van der Waals surface area (Å²) < 4.78 is 45.7. The fourth-order valence-electron chi connectivity index (χ4n) is 2.72. The summed E-state index contributed by atoms with van der Waals surface area (Å²) in [4.78, 5) is 0.00194. The molecule has 0 amide bonds. The van der Waals surface area contributed by atoms with Crippen LogP contribution in [0.3, 0.4) is 0 Å². The van der Waals surface area contributed by atoms with Crippen molar-refractivity contribution in [2.75, 3.05) is 13.7 Å². The van der Waals surface area contributed by atoms with Crippen LogP contribution in [0.4, 0.5) is 4.39 Å². The Morgan fingerprint density at radius 1 is 1.36 bits per heavy atom. The molecule has 1 aromatic carbocycles. The number of hydrogen-bond donors (Lipinski definition) is 2. The standard InChI is InChI=1S/C14H21FN2O3S.ClH/c1-20-14-8-11(6-7-12(14)15)21(18,19)17-13-5-3-2-4-10(13)9-16;/h6-8,10,13,17H,2-5,9,16H2,1H3;1H. The molecule has 1 aliphatic rings. The Morgan fingerprint density at radius 3 is 2.68 bits per heavy atom. The Hall–Kier alpha value is -0.890. The molecule has 1 saturated carbocycles. The topological polar surface area (TPSA) is 81.4 Å². The molecule has 1 aromatic rings. The number of methoxy groups -OCH3 is 1. The maximum absolute atomic E-state index is 13.4. The lowest BCUT2D eigenvalue weighted by Crippen LogP contribution is -2.44. The molecule has 2 rings (SSSR count). The van der Waals surface area contributed by atoms with Gasteiger partial charge in [-0.1, -0.05) is 12.8 Å². The largest absolute Gasteiger partial charge is 0.494 e. The van der Waals surface area contributed by atoms with Crippen LogP contribution in [0.25, 0.3) is 0 Å². The summed E-state index contributed by atoms with van der Waals surface area (Å²) in [6.45, 7) is 0.458. The molecule has 0 bridgehead atoms. The Labute approximate surface area is 136 Å². The van der Waals surface area contributed by atoms with Crippen LogP contribution in [0, 0.1) is 11.7 Å². The molecule has 1 aliphatic carbocycles. The molecule has 0 saturated heterocycles. The summed E-state index contributed by atoms with van der Waals surface area (Å²) in [6.07, 6.45) is 3.76. The van der Waals surface area contributed by atoms with Gasteiger partial charge in [0, 0.05) is 12.1 Å². The maximum atomic E-state index is 13.4. The third-order valence-corrected chi connectivity index (χ3v) is 5.44. The number of nitrogens with two attached hydrogens (primary N) is 1. The molecule has 1 fully saturated rings. The molecule has 5 nitrogen and oxygen atoms in total. The molecular formula is C14H22ClFN2O3S. The van der Waals surface area contributed by atoms with Gasteiger partial charge in [-0.25, -0.2) is 17.5 Å². The van der Waals surface area contributed by atoms with E-state index in [0.717, 1.165) is 31.7 Å². The van der Waals surface area contributed by atoms with E-state index in [1.165, 1.54) is 19.2 Å². The maximum Gasteiger partial charge on any atom is 0.240 e. The molecule has 0 spiro atoms. The van der Waals surface area contributed by atoms with Crippen molar-refractivity contribution >= 4 is 22.4 Å². The van der Waals surface area contributed by atoms with E-state index < -0.39 is 15.8 Å². The fraction of sp³-hybridized carbons (Fsp3) is 0.571. The molecular weight excluding hydrogens is 331 g/mol. The third kappa shape index (κ3) is 4.32.